The zero-order chi connectivity index (χ0) is 14.8. The number of hydrogen-bond donors (Lipinski definition) is 1. The molecule has 0 amide bonds. The van der Waals surface area contributed by atoms with Gasteiger partial charge < -0.3 is 0 Å². The topological polar surface area (TPSA) is 58.5 Å². The molecular formula is C13H13BrN2O2S2. The largest absolute Gasteiger partial charge is 0.276 e. The molecule has 0 aliphatic heterocycles. The van der Waals surface area contributed by atoms with Crippen molar-refractivity contribution in [3.8, 4) is 0 Å². The lowest BCUT2D eigenvalue weighted by Crippen LogP contribution is -2.19. The van der Waals surface area contributed by atoms with E-state index in [9.17, 15) is 8.42 Å². The lowest BCUT2D eigenvalue weighted by Gasteiger charge is -2.04. The third kappa shape index (κ3) is 3.68. The molecule has 0 bridgehead atoms. The standard InChI is InChI=1S/C13H13BrN2O2S2/c1-9-3-8-13(19-9)10(2)15-16-20(17,18)12-6-4-11(14)5-7-12/h3-8,16H,1-2H3. The average molecular weight is 373 g/mol. The van der Waals surface area contributed by atoms with E-state index in [0.717, 1.165) is 14.2 Å². The summed E-state index contributed by atoms with van der Waals surface area (Å²) in [7, 11) is -3.63. The second-order valence-electron chi connectivity index (χ2n) is 4.16. The van der Waals surface area contributed by atoms with Crippen LogP contribution in [0.1, 0.15) is 16.7 Å². The Bertz CT molecular complexity index is 734. The number of aryl methyl sites for hydroxylation is 1. The van der Waals surface area contributed by atoms with Crippen molar-refractivity contribution in [3.63, 3.8) is 0 Å². The quantitative estimate of drug-likeness (QED) is 0.659. The molecule has 1 aromatic carbocycles. The van der Waals surface area contributed by atoms with Crippen LogP contribution in [-0.2, 0) is 10.0 Å². The molecule has 1 N–H and O–H groups in total. The molecule has 0 aliphatic carbocycles. The van der Waals surface area contributed by atoms with Crippen LogP contribution in [0.4, 0.5) is 0 Å². The summed E-state index contributed by atoms with van der Waals surface area (Å²) in [6.45, 7) is 3.77. The number of halogens is 1. The van der Waals surface area contributed by atoms with Crippen LogP contribution in [0.3, 0.4) is 0 Å². The van der Waals surface area contributed by atoms with Crippen molar-refractivity contribution in [2.75, 3.05) is 0 Å². The molecule has 0 fully saturated rings. The van der Waals surface area contributed by atoms with Gasteiger partial charge in [0.05, 0.1) is 15.5 Å². The van der Waals surface area contributed by atoms with Crippen LogP contribution < -0.4 is 4.83 Å². The molecular weight excluding hydrogens is 360 g/mol. The number of thiophene rings is 1. The fourth-order valence-electron chi connectivity index (χ4n) is 1.48. The highest BCUT2D eigenvalue weighted by atomic mass is 79.9. The Morgan fingerprint density at radius 1 is 1.20 bits per heavy atom. The Labute approximate surface area is 130 Å². The molecule has 0 saturated carbocycles. The van der Waals surface area contributed by atoms with Crippen LogP contribution in [0.25, 0.3) is 0 Å². The monoisotopic (exact) mass is 372 g/mol. The summed E-state index contributed by atoms with van der Waals surface area (Å²) in [5.41, 5.74) is 0.642. The van der Waals surface area contributed by atoms with Gasteiger partial charge in [0.25, 0.3) is 10.0 Å². The van der Waals surface area contributed by atoms with Gasteiger partial charge in [0.15, 0.2) is 0 Å². The first-order chi connectivity index (χ1) is 9.38. The highest BCUT2D eigenvalue weighted by Gasteiger charge is 2.12. The van der Waals surface area contributed by atoms with Crippen LogP contribution in [-0.4, -0.2) is 14.1 Å². The Morgan fingerprint density at radius 2 is 1.85 bits per heavy atom. The average Bonchev–Trinajstić information content (AvgIpc) is 2.83. The number of hydrogen-bond acceptors (Lipinski definition) is 4. The lowest BCUT2D eigenvalue weighted by molar-refractivity contribution is 0.584. The molecule has 0 atom stereocenters. The van der Waals surface area contributed by atoms with Crippen molar-refractivity contribution in [3.05, 3.63) is 50.6 Å². The van der Waals surface area contributed by atoms with Gasteiger partial charge in [-0.1, -0.05) is 15.9 Å². The van der Waals surface area contributed by atoms with E-state index in [4.69, 9.17) is 0 Å². The Kier molecular flexibility index (Phi) is 4.62. The van der Waals surface area contributed by atoms with Gasteiger partial charge in [-0.15, -0.1) is 11.3 Å². The van der Waals surface area contributed by atoms with Gasteiger partial charge in [-0.3, -0.25) is 0 Å². The number of benzene rings is 1. The summed E-state index contributed by atoms with van der Waals surface area (Å²) >= 11 is 4.84. The minimum Gasteiger partial charge on any atom is -0.200 e. The summed E-state index contributed by atoms with van der Waals surface area (Å²) in [5, 5.41) is 3.96. The molecule has 0 radical (unpaired) electrons. The lowest BCUT2D eigenvalue weighted by atomic mass is 10.3. The summed E-state index contributed by atoms with van der Waals surface area (Å²) in [5.74, 6) is 0. The van der Waals surface area contributed by atoms with Crippen LogP contribution in [0.15, 0.2) is 50.9 Å². The molecule has 2 aromatic rings. The molecule has 0 saturated heterocycles. The molecule has 106 valence electrons. The van der Waals surface area contributed by atoms with Gasteiger partial charge in [0.1, 0.15) is 0 Å². The maximum Gasteiger partial charge on any atom is 0.276 e. The van der Waals surface area contributed by atoms with Gasteiger partial charge in [-0.25, -0.2) is 0 Å². The molecule has 0 spiro atoms. The van der Waals surface area contributed by atoms with E-state index in [1.165, 1.54) is 12.1 Å². The first-order valence-electron chi connectivity index (χ1n) is 5.77. The molecule has 1 heterocycles. The van der Waals surface area contributed by atoms with Gasteiger partial charge >= 0.3 is 0 Å². The van der Waals surface area contributed by atoms with Crippen LogP contribution >= 0.6 is 27.3 Å². The molecule has 1 aromatic heterocycles. The fourth-order valence-corrected chi connectivity index (χ4v) is 3.41. The fraction of sp³-hybridized carbons (Fsp3) is 0.154. The maximum atomic E-state index is 12.1. The molecule has 0 aliphatic rings. The van der Waals surface area contributed by atoms with E-state index in [1.54, 1.807) is 30.4 Å². The summed E-state index contributed by atoms with van der Waals surface area (Å²) in [6, 6.07) is 10.3. The number of rotatable bonds is 4. The van der Waals surface area contributed by atoms with Crippen LogP contribution in [0, 0.1) is 6.92 Å². The van der Waals surface area contributed by atoms with Crippen molar-refractivity contribution >= 4 is 43.0 Å². The molecule has 4 nitrogen and oxygen atoms in total. The number of nitrogens with one attached hydrogen (secondary N) is 1. The zero-order valence-corrected chi connectivity index (χ0v) is 14.1. The predicted molar refractivity (Wildman–Crippen MR) is 85.7 cm³/mol. The van der Waals surface area contributed by atoms with Crippen LogP contribution in [0.5, 0.6) is 0 Å². The Hall–Kier alpha value is -1.18. The highest BCUT2D eigenvalue weighted by molar-refractivity contribution is 9.10. The summed E-state index contributed by atoms with van der Waals surface area (Å²) < 4.78 is 24.9. The SMILES string of the molecule is CC(=NNS(=O)(=O)c1ccc(Br)cc1)c1ccc(C)s1. The maximum absolute atomic E-state index is 12.1. The Balaban J connectivity index is 2.18. The van der Waals surface area contributed by atoms with Gasteiger partial charge in [-0.2, -0.15) is 18.4 Å². The first kappa shape index (κ1) is 15.2. The van der Waals surface area contributed by atoms with Crippen molar-refractivity contribution in [1.82, 2.24) is 4.83 Å². The number of hydrazone groups is 1. The van der Waals surface area contributed by atoms with E-state index >= 15 is 0 Å². The van der Waals surface area contributed by atoms with E-state index in [0.29, 0.717) is 5.71 Å². The zero-order valence-electron chi connectivity index (χ0n) is 10.9. The van der Waals surface area contributed by atoms with E-state index in [1.807, 2.05) is 19.1 Å². The first-order valence-corrected chi connectivity index (χ1v) is 8.86. The van der Waals surface area contributed by atoms with Gasteiger partial charge in [0.2, 0.25) is 0 Å². The minimum atomic E-state index is -3.63. The smallest absolute Gasteiger partial charge is 0.200 e. The molecule has 20 heavy (non-hydrogen) atoms. The molecule has 2 rings (SSSR count). The Morgan fingerprint density at radius 3 is 2.40 bits per heavy atom. The van der Waals surface area contributed by atoms with Crippen molar-refractivity contribution in [1.29, 1.82) is 0 Å². The van der Waals surface area contributed by atoms with Crippen molar-refractivity contribution < 1.29 is 8.42 Å². The predicted octanol–water partition coefficient (Wildman–Crippen LogP) is 3.52. The van der Waals surface area contributed by atoms with E-state index < -0.39 is 10.0 Å². The number of sulfonamides is 1. The molecule has 7 heteroatoms. The van der Waals surface area contributed by atoms with Crippen LogP contribution in [0.2, 0.25) is 0 Å². The second kappa shape index (κ2) is 6.07. The highest BCUT2D eigenvalue weighted by Crippen LogP contribution is 2.17. The van der Waals surface area contributed by atoms with E-state index in [2.05, 4.69) is 25.9 Å². The number of nitrogens with zero attached hydrogens (tertiary/aromatic N) is 1. The van der Waals surface area contributed by atoms with Crippen molar-refractivity contribution in [2.24, 2.45) is 5.10 Å². The van der Waals surface area contributed by atoms with Crippen molar-refractivity contribution in [2.45, 2.75) is 18.7 Å². The van der Waals surface area contributed by atoms with Gasteiger partial charge in [-0.05, 0) is 50.2 Å². The van der Waals surface area contributed by atoms with Gasteiger partial charge in [0, 0.05) is 9.35 Å². The minimum absolute atomic E-state index is 0.180. The third-order valence-corrected chi connectivity index (χ3v) is 5.42. The normalized spacial score (nSPS) is 12.4. The second-order valence-corrected chi connectivity index (χ2v) is 8.02. The summed E-state index contributed by atoms with van der Waals surface area (Å²) in [6.07, 6.45) is 0. The summed E-state index contributed by atoms with van der Waals surface area (Å²) in [4.78, 5) is 4.54. The molecule has 0 unspecified atom stereocenters. The van der Waals surface area contributed by atoms with E-state index in [-0.39, 0.29) is 4.90 Å². The third-order valence-electron chi connectivity index (χ3n) is 2.55.